The van der Waals surface area contributed by atoms with Crippen LogP contribution in [0.15, 0.2) is 59.4 Å². The van der Waals surface area contributed by atoms with Gasteiger partial charge in [-0.3, -0.25) is 0 Å². The van der Waals surface area contributed by atoms with Crippen molar-refractivity contribution < 1.29 is 8.91 Å². The van der Waals surface area contributed by atoms with Gasteiger partial charge in [0, 0.05) is 30.9 Å². The van der Waals surface area contributed by atoms with Crippen molar-refractivity contribution in [2.75, 3.05) is 29.9 Å². The van der Waals surface area contributed by atoms with E-state index in [1.807, 2.05) is 0 Å². The molecule has 4 aromatic rings. The summed E-state index contributed by atoms with van der Waals surface area (Å²) < 4.78 is 18.6. The Morgan fingerprint density at radius 1 is 1.10 bits per heavy atom. The summed E-state index contributed by atoms with van der Waals surface area (Å²) in [6.07, 6.45) is 2.39. The van der Waals surface area contributed by atoms with Crippen LogP contribution in [-0.2, 0) is 0 Å². The number of fused-ring (bicyclic) bond motifs is 1. The lowest BCUT2D eigenvalue weighted by atomic mass is 10.1. The fourth-order valence-corrected chi connectivity index (χ4v) is 3.50. The average molecular weight is 405 g/mol. The number of benzene rings is 2. The molecule has 0 bridgehead atoms. The van der Waals surface area contributed by atoms with Gasteiger partial charge in [-0.05, 0) is 62.2 Å². The number of hydrogen-bond acceptors (Lipinski definition) is 6. The predicted octanol–water partition coefficient (Wildman–Crippen LogP) is 5.06. The van der Waals surface area contributed by atoms with Crippen LogP contribution < -0.4 is 10.2 Å². The van der Waals surface area contributed by atoms with Crippen molar-refractivity contribution in [2.45, 2.75) is 20.3 Å². The molecule has 4 rings (SSSR count). The number of halogens is 1. The van der Waals surface area contributed by atoms with Gasteiger partial charge in [0.2, 0.25) is 0 Å². The Labute approximate surface area is 174 Å². The third-order valence-electron chi connectivity index (χ3n) is 5.04. The van der Waals surface area contributed by atoms with Crippen LogP contribution in [0.3, 0.4) is 0 Å². The van der Waals surface area contributed by atoms with Gasteiger partial charge in [0.05, 0.1) is 0 Å². The summed E-state index contributed by atoms with van der Waals surface area (Å²) in [5.41, 5.74) is 4.25. The van der Waals surface area contributed by atoms with Crippen LogP contribution in [0.4, 0.5) is 15.9 Å². The molecule has 0 saturated heterocycles. The zero-order valence-electron chi connectivity index (χ0n) is 17.1. The molecule has 2 aromatic carbocycles. The number of nitrogens with one attached hydrogen (secondary N) is 1. The average Bonchev–Trinajstić information content (AvgIpc) is 3.19. The summed E-state index contributed by atoms with van der Waals surface area (Å²) in [6.45, 7) is 6.88. The first kappa shape index (κ1) is 19.8. The van der Waals surface area contributed by atoms with E-state index >= 15 is 0 Å². The lowest BCUT2D eigenvalue weighted by molar-refractivity contribution is 0.451. The van der Waals surface area contributed by atoms with Gasteiger partial charge in [-0.1, -0.05) is 17.3 Å². The first-order valence-electron chi connectivity index (χ1n) is 10.1. The monoisotopic (exact) mass is 405 g/mol. The number of hydrogen-bond donors (Lipinski definition) is 1. The topological polar surface area (TPSA) is 67.1 Å². The maximum absolute atomic E-state index is 13.3. The Morgan fingerprint density at radius 2 is 1.93 bits per heavy atom. The summed E-state index contributed by atoms with van der Waals surface area (Å²) >= 11 is 0. The Hall–Kier alpha value is -3.48. The molecule has 30 heavy (non-hydrogen) atoms. The third-order valence-corrected chi connectivity index (χ3v) is 5.04. The number of nitrogens with zero attached hydrogens (tertiary/aromatic N) is 4. The molecule has 1 N–H and O–H groups in total. The normalized spacial score (nSPS) is 11.0. The van der Waals surface area contributed by atoms with E-state index in [0.717, 1.165) is 31.6 Å². The fraction of sp³-hybridized carbons (Fsp3) is 0.261. The summed E-state index contributed by atoms with van der Waals surface area (Å²) in [7, 11) is 0. The summed E-state index contributed by atoms with van der Waals surface area (Å²) in [4.78, 5) is 10.9. The fourth-order valence-electron chi connectivity index (χ4n) is 3.50. The number of anilines is 2. The van der Waals surface area contributed by atoms with Gasteiger partial charge in [0.1, 0.15) is 29.0 Å². The van der Waals surface area contributed by atoms with E-state index in [9.17, 15) is 4.39 Å². The van der Waals surface area contributed by atoms with Crippen molar-refractivity contribution in [1.82, 2.24) is 15.1 Å². The van der Waals surface area contributed by atoms with E-state index in [-0.39, 0.29) is 5.82 Å². The lowest BCUT2D eigenvalue weighted by Gasteiger charge is -2.23. The van der Waals surface area contributed by atoms with E-state index in [2.05, 4.69) is 63.5 Å². The van der Waals surface area contributed by atoms with Crippen molar-refractivity contribution in [3.8, 4) is 11.3 Å². The molecule has 0 fully saturated rings. The minimum Gasteiger partial charge on any atom is -0.372 e. The van der Waals surface area contributed by atoms with E-state index in [1.165, 1.54) is 29.7 Å². The molecule has 2 heterocycles. The molecule has 0 aliphatic heterocycles. The largest absolute Gasteiger partial charge is 0.372 e. The van der Waals surface area contributed by atoms with E-state index in [1.54, 1.807) is 12.1 Å². The molecule has 154 valence electrons. The molecule has 6 nitrogen and oxygen atoms in total. The molecule has 0 spiro atoms. The first-order valence-corrected chi connectivity index (χ1v) is 10.1. The smallest absolute Gasteiger partial charge is 0.263 e. The highest BCUT2D eigenvalue weighted by Gasteiger charge is 2.16. The van der Waals surface area contributed by atoms with E-state index < -0.39 is 0 Å². The molecule has 0 aliphatic carbocycles. The summed E-state index contributed by atoms with van der Waals surface area (Å²) in [5, 5.41) is 8.21. The van der Waals surface area contributed by atoms with Crippen molar-refractivity contribution in [2.24, 2.45) is 0 Å². The second-order valence-corrected chi connectivity index (χ2v) is 7.14. The maximum Gasteiger partial charge on any atom is 0.263 e. The molecule has 0 atom stereocenters. The van der Waals surface area contributed by atoms with Crippen LogP contribution in [0, 0.1) is 12.7 Å². The number of rotatable bonds is 8. The van der Waals surface area contributed by atoms with Gasteiger partial charge < -0.3 is 14.7 Å². The Bertz CT molecular complexity index is 1130. The Morgan fingerprint density at radius 3 is 2.70 bits per heavy atom. The molecular weight excluding hydrogens is 381 g/mol. The lowest BCUT2D eigenvalue weighted by Crippen LogP contribution is -2.25. The maximum atomic E-state index is 13.3. The van der Waals surface area contributed by atoms with Crippen LogP contribution >= 0.6 is 0 Å². The molecule has 0 saturated carbocycles. The van der Waals surface area contributed by atoms with Gasteiger partial charge in [-0.25, -0.2) is 9.37 Å². The van der Waals surface area contributed by atoms with Crippen LogP contribution in [-0.4, -0.2) is 34.8 Å². The van der Waals surface area contributed by atoms with Crippen LogP contribution in [0.1, 0.15) is 18.9 Å². The Balaban J connectivity index is 1.46. The molecule has 0 aliphatic rings. The highest BCUT2D eigenvalue weighted by Crippen LogP contribution is 2.31. The highest BCUT2D eigenvalue weighted by atomic mass is 19.1. The van der Waals surface area contributed by atoms with Gasteiger partial charge in [0.25, 0.3) is 5.71 Å². The second kappa shape index (κ2) is 8.90. The standard InChI is InChI=1S/C23H24FN5O/c1-3-29(19-7-4-6-16(2)14-19)13-5-12-25-22-20-21(17-8-10-18(24)11-9-17)28-30-23(20)27-15-26-22/h4,6-11,14-15H,3,5,12-13H2,1-2H3,(H,25,26,27). The van der Waals surface area contributed by atoms with Crippen LogP contribution in [0.2, 0.25) is 0 Å². The van der Waals surface area contributed by atoms with Gasteiger partial charge in [0.15, 0.2) is 0 Å². The van der Waals surface area contributed by atoms with Crippen LogP contribution in [0.5, 0.6) is 0 Å². The van der Waals surface area contributed by atoms with Gasteiger partial charge in [-0.15, -0.1) is 0 Å². The van der Waals surface area contributed by atoms with Crippen molar-refractivity contribution in [1.29, 1.82) is 0 Å². The van der Waals surface area contributed by atoms with Gasteiger partial charge >= 0.3 is 0 Å². The SMILES string of the molecule is CCN(CCCNc1ncnc2onc(-c3ccc(F)cc3)c12)c1cccc(C)c1. The van der Waals surface area contributed by atoms with Crippen molar-refractivity contribution in [3.05, 3.63) is 66.2 Å². The quantitative estimate of drug-likeness (QED) is 0.413. The zero-order valence-corrected chi connectivity index (χ0v) is 17.1. The number of aryl methyl sites for hydroxylation is 1. The van der Waals surface area contributed by atoms with Crippen molar-refractivity contribution >= 4 is 22.6 Å². The molecule has 7 heteroatoms. The molecule has 2 aromatic heterocycles. The predicted molar refractivity (Wildman–Crippen MR) is 117 cm³/mol. The summed E-state index contributed by atoms with van der Waals surface area (Å²) in [6, 6.07) is 14.7. The molecular formula is C23H24FN5O. The Kier molecular flexibility index (Phi) is 5.88. The zero-order chi connectivity index (χ0) is 20.9. The van der Waals surface area contributed by atoms with E-state index in [4.69, 9.17) is 4.52 Å². The number of aromatic nitrogens is 3. The summed E-state index contributed by atoms with van der Waals surface area (Å²) in [5.74, 6) is 0.370. The second-order valence-electron chi connectivity index (χ2n) is 7.14. The molecule has 0 amide bonds. The minimum atomic E-state index is -0.296. The van der Waals surface area contributed by atoms with Crippen LogP contribution in [0.25, 0.3) is 22.4 Å². The van der Waals surface area contributed by atoms with E-state index in [0.29, 0.717) is 22.6 Å². The van der Waals surface area contributed by atoms with Gasteiger partial charge in [-0.2, -0.15) is 4.98 Å². The molecule has 0 unspecified atom stereocenters. The van der Waals surface area contributed by atoms with Crippen molar-refractivity contribution in [3.63, 3.8) is 0 Å². The first-order chi connectivity index (χ1) is 14.7. The molecule has 0 radical (unpaired) electrons. The third kappa shape index (κ3) is 4.25. The minimum absolute atomic E-state index is 0.296. The highest BCUT2D eigenvalue weighted by molar-refractivity contribution is 5.97.